The summed E-state index contributed by atoms with van der Waals surface area (Å²) in [7, 11) is -4.31. The van der Waals surface area contributed by atoms with Crippen LogP contribution in [0.1, 0.15) is 0 Å². The van der Waals surface area contributed by atoms with Crippen LogP contribution >= 0.6 is 0 Å². The van der Waals surface area contributed by atoms with Gasteiger partial charge >= 0.3 is 0 Å². The van der Waals surface area contributed by atoms with Crippen molar-refractivity contribution in [3.8, 4) is 0 Å². The fourth-order valence-electron chi connectivity index (χ4n) is 2.14. The smallest absolute Gasteiger partial charge is 0.296 e. The summed E-state index contributed by atoms with van der Waals surface area (Å²) in [6.07, 6.45) is 0. The number of nitrogens with two attached hydrogens (primary N) is 1. The van der Waals surface area contributed by atoms with Gasteiger partial charge in [0.25, 0.3) is 10.1 Å². The molecule has 0 fully saturated rings. The Morgan fingerprint density at radius 1 is 1.11 bits per heavy atom. The topological polar surface area (TPSA) is 96.2 Å². The van der Waals surface area contributed by atoms with Gasteiger partial charge in [-0.2, -0.15) is 8.42 Å². The fourth-order valence-corrected chi connectivity index (χ4v) is 2.85. The Bertz CT molecular complexity index is 866. The molecule has 3 rings (SSSR count). The second kappa shape index (κ2) is 3.47. The highest BCUT2D eigenvalue weighted by Gasteiger charge is 2.17. The third kappa shape index (κ3) is 1.54. The van der Waals surface area contributed by atoms with Crippen LogP contribution in [0, 0.1) is 0 Å². The summed E-state index contributed by atoms with van der Waals surface area (Å²) < 4.78 is 31.9. The molecule has 2 aromatic carbocycles. The number of nitrogens with one attached hydrogen (secondary N) is 1. The van der Waals surface area contributed by atoms with Gasteiger partial charge in [-0.25, -0.2) is 0 Å². The predicted octanol–water partition coefficient (Wildman–Crippen LogP) is 2.15. The Labute approximate surface area is 103 Å². The summed E-state index contributed by atoms with van der Waals surface area (Å²) >= 11 is 0. The van der Waals surface area contributed by atoms with Crippen molar-refractivity contribution in [1.82, 2.24) is 4.98 Å². The van der Waals surface area contributed by atoms with Crippen molar-refractivity contribution in [3.63, 3.8) is 0 Å². The van der Waals surface area contributed by atoms with Crippen LogP contribution in [0.3, 0.4) is 0 Å². The highest BCUT2D eigenvalue weighted by Crippen LogP contribution is 2.31. The number of benzene rings is 2. The molecule has 92 valence electrons. The number of aromatic nitrogens is 1. The van der Waals surface area contributed by atoms with Gasteiger partial charge in [0.15, 0.2) is 0 Å². The van der Waals surface area contributed by atoms with Crippen LogP contribution in [-0.2, 0) is 10.1 Å². The number of hydrogen-bond acceptors (Lipinski definition) is 3. The molecule has 1 heterocycles. The monoisotopic (exact) mass is 262 g/mol. The molecule has 6 heteroatoms. The molecule has 0 unspecified atom stereocenters. The molecule has 0 aliphatic rings. The summed E-state index contributed by atoms with van der Waals surface area (Å²) in [5.74, 6) is 0. The molecule has 5 nitrogen and oxygen atoms in total. The third-order valence-corrected chi connectivity index (χ3v) is 3.76. The maximum Gasteiger partial charge on any atom is 0.296 e. The van der Waals surface area contributed by atoms with Crippen LogP contribution in [-0.4, -0.2) is 18.0 Å². The van der Waals surface area contributed by atoms with E-state index in [-0.39, 0.29) is 4.90 Å². The quantitative estimate of drug-likeness (QED) is 0.462. The van der Waals surface area contributed by atoms with E-state index in [0.29, 0.717) is 16.6 Å². The Morgan fingerprint density at radius 3 is 2.56 bits per heavy atom. The van der Waals surface area contributed by atoms with Crippen molar-refractivity contribution < 1.29 is 13.0 Å². The van der Waals surface area contributed by atoms with Crippen LogP contribution < -0.4 is 5.73 Å². The van der Waals surface area contributed by atoms with E-state index in [2.05, 4.69) is 4.98 Å². The zero-order valence-electron chi connectivity index (χ0n) is 9.21. The Kier molecular flexibility index (Phi) is 2.13. The van der Waals surface area contributed by atoms with Gasteiger partial charge in [-0.1, -0.05) is 18.2 Å². The van der Waals surface area contributed by atoms with E-state index >= 15 is 0 Å². The summed E-state index contributed by atoms with van der Waals surface area (Å²) in [5, 5.41) is 1.54. The van der Waals surface area contributed by atoms with Gasteiger partial charge in [0, 0.05) is 22.0 Å². The average Bonchev–Trinajstić information content (AvgIpc) is 2.65. The number of nitrogen functional groups attached to an aromatic ring is 1. The van der Waals surface area contributed by atoms with E-state index in [4.69, 9.17) is 5.73 Å². The molecule has 0 bridgehead atoms. The van der Waals surface area contributed by atoms with Crippen LogP contribution in [0.5, 0.6) is 0 Å². The van der Waals surface area contributed by atoms with Gasteiger partial charge in [-0.15, -0.1) is 0 Å². The summed E-state index contributed by atoms with van der Waals surface area (Å²) in [5.41, 5.74) is 7.14. The zero-order chi connectivity index (χ0) is 12.9. The normalized spacial score (nSPS) is 12.3. The van der Waals surface area contributed by atoms with E-state index in [1.165, 1.54) is 6.07 Å². The zero-order valence-corrected chi connectivity index (χ0v) is 10.0. The first-order valence-corrected chi connectivity index (χ1v) is 6.68. The minimum Gasteiger partial charge on any atom is -0.399 e. The van der Waals surface area contributed by atoms with Crippen LogP contribution in [0.25, 0.3) is 21.8 Å². The lowest BCUT2D eigenvalue weighted by molar-refractivity contribution is 0.484. The third-order valence-electron chi connectivity index (χ3n) is 2.88. The maximum atomic E-state index is 11.4. The van der Waals surface area contributed by atoms with Gasteiger partial charge in [0.2, 0.25) is 0 Å². The van der Waals surface area contributed by atoms with E-state index in [1.54, 1.807) is 6.07 Å². The molecular weight excluding hydrogens is 252 g/mol. The van der Waals surface area contributed by atoms with Gasteiger partial charge in [0.1, 0.15) is 4.90 Å². The molecule has 4 N–H and O–H groups in total. The number of H-pyrrole nitrogens is 1. The van der Waals surface area contributed by atoms with Gasteiger partial charge in [0.05, 0.1) is 5.52 Å². The summed E-state index contributed by atoms with van der Waals surface area (Å²) in [4.78, 5) is 2.79. The highest BCUT2D eigenvalue weighted by molar-refractivity contribution is 7.86. The fraction of sp³-hybridized carbons (Fsp3) is 0. The van der Waals surface area contributed by atoms with Crippen molar-refractivity contribution in [3.05, 3.63) is 36.4 Å². The molecule has 1 aromatic heterocycles. The molecule has 18 heavy (non-hydrogen) atoms. The molecule has 0 amide bonds. The van der Waals surface area contributed by atoms with Crippen LogP contribution in [0.4, 0.5) is 5.69 Å². The van der Waals surface area contributed by atoms with Gasteiger partial charge < -0.3 is 10.7 Å². The second-order valence-corrected chi connectivity index (χ2v) is 5.48. The number of rotatable bonds is 1. The highest BCUT2D eigenvalue weighted by atomic mass is 32.2. The van der Waals surface area contributed by atoms with Crippen LogP contribution in [0.15, 0.2) is 41.3 Å². The average molecular weight is 262 g/mol. The SMILES string of the molecule is Nc1cc(S(=O)(=O)O)c2[nH]c3ccccc3c2c1. The lowest BCUT2D eigenvalue weighted by atomic mass is 10.1. The number of aromatic amines is 1. The molecule has 3 aromatic rings. The largest absolute Gasteiger partial charge is 0.399 e. The molecule has 0 aliphatic heterocycles. The second-order valence-electron chi connectivity index (χ2n) is 4.09. The lowest BCUT2D eigenvalue weighted by Gasteiger charge is -2.01. The predicted molar refractivity (Wildman–Crippen MR) is 70.0 cm³/mol. The lowest BCUT2D eigenvalue weighted by Crippen LogP contribution is -2.00. The molecular formula is C12H10N2O3S. The van der Waals surface area contributed by atoms with Crippen molar-refractivity contribution in [2.24, 2.45) is 0 Å². The van der Waals surface area contributed by atoms with Crippen molar-refractivity contribution in [2.45, 2.75) is 4.90 Å². The number of fused-ring (bicyclic) bond motifs is 3. The van der Waals surface area contributed by atoms with Gasteiger partial charge in [-0.05, 0) is 18.2 Å². The molecule has 0 saturated heterocycles. The van der Waals surface area contributed by atoms with E-state index in [9.17, 15) is 13.0 Å². The molecule has 0 atom stereocenters. The Hall–Kier alpha value is -2.05. The standard InChI is InChI=1S/C12H10N2O3S/c13-7-5-9-8-3-1-2-4-10(8)14-12(9)11(6-7)18(15,16)17/h1-6,14H,13H2,(H,15,16,17). The minimum absolute atomic E-state index is 0.200. The van der Waals surface area contributed by atoms with E-state index in [0.717, 1.165) is 10.9 Å². The molecule has 0 aliphatic carbocycles. The number of para-hydroxylation sites is 1. The number of hydrogen-bond donors (Lipinski definition) is 3. The van der Waals surface area contributed by atoms with Crippen LogP contribution in [0.2, 0.25) is 0 Å². The molecule has 0 saturated carbocycles. The minimum atomic E-state index is -4.31. The summed E-state index contributed by atoms with van der Waals surface area (Å²) in [6, 6.07) is 10.3. The summed E-state index contributed by atoms with van der Waals surface area (Å²) in [6.45, 7) is 0. The Balaban J connectivity index is 2.60. The maximum absolute atomic E-state index is 11.4. The Morgan fingerprint density at radius 2 is 1.83 bits per heavy atom. The van der Waals surface area contributed by atoms with Crippen molar-refractivity contribution in [1.29, 1.82) is 0 Å². The molecule has 0 radical (unpaired) electrons. The van der Waals surface area contributed by atoms with Crippen molar-refractivity contribution >= 4 is 37.6 Å². The first-order valence-electron chi connectivity index (χ1n) is 5.24. The van der Waals surface area contributed by atoms with E-state index in [1.807, 2.05) is 24.3 Å². The first-order chi connectivity index (χ1) is 8.47. The van der Waals surface area contributed by atoms with E-state index < -0.39 is 10.1 Å². The number of anilines is 1. The molecule has 0 spiro atoms. The van der Waals surface area contributed by atoms with Crippen molar-refractivity contribution in [2.75, 3.05) is 5.73 Å². The first kappa shape index (κ1) is 11.1. The van der Waals surface area contributed by atoms with Gasteiger partial charge in [-0.3, -0.25) is 4.55 Å².